The van der Waals surface area contributed by atoms with Crippen LogP contribution in [0, 0.1) is 17.2 Å². The molecule has 1 saturated heterocycles. The predicted molar refractivity (Wildman–Crippen MR) is 92.9 cm³/mol. The van der Waals surface area contributed by atoms with Crippen molar-refractivity contribution in [3.05, 3.63) is 29.8 Å². The van der Waals surface area contributed by atoms with E-state index < -0.39 is 10.0 Å². The average Bonchev–Trinajstić information content (AvgIpc) is 2.54. The Labute approximate surface area is 143 Å². The van der Waals surface area contributed by atoms with E-state index in [2.05, 4.69) is 6.92 Å². The zero-order valence-electron chi connectivity index (χ0n) is 14.1. The topological polar surface area (TPSA) is 81.5 Å². The Kier molecular flexibility index (Phi) is 5.84. The SMILES string of the molecule is CC1CCN(C(=O)CCN(c2cccc(C#N)c2)S(C)(=O)=O)CC1. The molecule has 0 unspecified atom stereocenters. The summed E-state index contributed by atoms with van der Waals surface area (Å²) in [6.07, 6.45) is 3.23. The van der Waals surface area contributed by atoms with Crippen molar-refractivity contribution in [1.82, 2.24) is 4.90 Å². The molecule has 1 amide bonds. The molecule has 1 heterocycles. The van der Waals surface area contributed by atoms with Crippen LogP contribution in [0.25, 0.3) is 0 Å². The largest absolute Gasteiger partial charge is 0.343 e. The molecule has 6 nitrogen and oxygen atoms in total. The van der Waals surface area contributed by atoms with Gasteiger partial charge in [-0.15, -0.1) is 0 Å². The van der Waals surface area contributed by atoms with Gasteiger partial charge in [0.15, 0.2) is 0 Å². The Morgan fingerprint density at radius 1 is 1.38 bits per heavy atom. The van der Waals surface area contributed by atoms with Crippen LogP contribution in [0.15, 0.2) is 24.3 Å². The molecule has 7 heteroatoms. The summed E-state index contributed by atoms with van der Waals surface area (Å²) in [6.45, 7) is 3.74. The fourth-order valence-electron chi connectivity index (χ4n) is 2.83. The third-order valence-electron chi connectivity index (χ3n) is 4.33. The van der Waals surface area contributed by atoms with Gasteiger partial charge in [-0.2, -0.15) is 5.26 Å². The van der Waals surface area contributed by atoms with Crippen LogP contribution in [0.2, 0.25) is 0 Å². The van der Waals surface area contributed by atoms with Crippen molar-refractivity contribution in [3.8, 4) is 6.07 Å². The summed E-state index contributed by atoms with van der Waals surface area (Å²) in [7, 11) is -3.52. The summed E-state index contributed by atoms with van der Waals surface area (Å²) < 4.78 is 25.4. The highest BCUT2D eigenvalue weighted by molar-refractivity contribution is 7.92. The molecule has 1 fully saturated rings. The molecular weight excluding hydrogens is 326 g/mol. The van der Waals surface area contributed by atoms with Gasteiger partial charge in [-0.1, -0.05) is 13.0 Å². The first-order valence-corrected chi connectivity index (χ1v) is 9.91. The summed E-state index contributed by atoms with van der Waals surface area (Å²) in [5.41, 5.74) is 0.800. The number of carbonyl (C=O) groups excluding carboxylic acids is 1. The van der Waals surface area contributed by atoms with Crippen LogP contribution in [0.4, 0.5) is 5.69 Å². The Morgan fingerprint density at radius 3 is 2.62 bits per heavy atom. The van der Waals surface area contributed by atoms with Gasteiger partial charge < -0.3 is 4.90 Å². The number of carbonyl (C=O) groups is 1. The molecule has 0 bridgehead atoms. The number of nitrogens with zero attached hydrogens (tertiary/aromatic N) is 3. The van der Waals surface area contributed by atoms with Crippen LogP contribution in [-0.4, -0.2) is 45.1 Å². The van der Waals surface area contributed by atoms with Gasteiger partial charge in [0.05, 0.1) is 23.6 Å². The summed E-state index contributed by atoms with van der Waals surface area (Å²) >= 11 is 0. The number of hydrogen-bond acceptors (Lipinski definition) is 4. The molecule has 24 heavy (non-hydrogen) atoms. The number of sulfonamides is 1. The average molecular weight is 349 g/mol. The number of nitriles is 1. The van der Waals surface area contributed by atoms with E-state index in [0.29, 0.717) is 17.2 Å². The first-order valence-electron chi connectivity index (χ1n) is 8.07. The zero-order chi connectivity index (χ0) is 17.7. The third kappa shape index (κ3) is 4.71. The van der Waals surface area contributed by atoms with Gasteiger partial charge in [0.25, 0.3) is 0 Å². The predicted octanol–water partition coefficient (Wildman–Crippen LogP) is 1.97. The van der Waals surface area contributed by atoms with Gasteiger partial charge >= 0.3 is 0 Å². The highest BCUT2D eigenvalue weighted by Crippen LogP contribution is 2.21. The van der Waals surface area contributed by atoms with Crippen molar-refractivity contribution >= 4 is 21.6 Å². The lowest BCUT2D eigenvalue weighted by atomic mass is 9.99. The van der Waals surface area contributed by atoms with Gasteiger partial charge in [-0.05, 0) is 37.0 Å². The van der Waals surface area contributed by atoms with E-state index in [9.17, 15) is 13.2 Å². The van der Waals surface area contributed by atoms with E-state index in [1.165, 1.54) is 10.4 Å². The minimum atomic E-state index is -3.52. The quantitative estimate of drug-likeness (QED) is 0.814. The number of benzene rings is 1. The van der Waals surface area contributed by atoms with E-state index in [-0.39, 0.29) is 18.9 Å². The molecular formula is C17H23N3O3S. The van der Waals surface area contributed by atoms with Crippen LogP contribution in [0.5, 0.6) is 0 Å². The molecule has 0 saturated carbocycles. The van der Waals surface area contributed by atoms with E-state index in [4.69, 9.17) is 5.26 Å². The molecule has 0 aromatic heterocycles. The second-order valence-electron chi connectivity index (χ2n) is 6.31. The number of likely N-dealkylation sites (tertiary alicyclic amines) is 1. The van der Waals surface area contributed by atoms with E-state index in [1.807, 2.05) is 11.0 Å². The summed E-state index contributed by atoms with van der Waals surface area (Å²) in [5.74, 6) is 0.613. The molecule has 0 spiro atoms. The third-order valence-corrected chi connectivity index (χ3v) is 5.52. The summed E-state index contributed by atoms with van der Waals surface area (Å²) in [4.78, 5) is 14.2. The number of anilines is 1. The van der Waals surface area contributed by atoms with Crippen molar-refractivity contribution < 1.29 is 13.2 Å². The van der Waals surface area contributed by atoms with E-state index in [1.54, 1.807) is 18.2 Å². The lowest BCUT2D eigenvalue weighted by molar-refractivity contribution is -0.132. The normalized spacial score (nSPS) is 15.8. The van der Waals surface area contributed by atoms with E-state index in [0.717, 1.165) is 32.2 Å². The van der Waals surface area contributed by atoms with Crippen LogP contribution in [-0.2, 0) is 14.8 Å². The van der Waals surface area contributed by atoms with Crippen LogP contribution < -0.4 is 4.31 Å². The molecule has 0 aliphatic carbocycles. The fourth-order valence-corrected chi connectivity index (χ4v) is 3.75. The Bertz CT molecular complexity index is 732. The van der Waals surface area contributed by atoms with Gasteiger partial charge in [0.1, 0.15) is 0 Å². The monoisotopic (exact) mass is 349 g/mol. The Hall–Kier alpha value is -2.07. The molecule has 1 aliphatic heterocycles. The van der Waals surface area contributed by atoms with Crippen molar-refractivity contribution in [3.63, 3.8) is 0 Å². The highest BCUT2D eigenvalue weighted by atomic mass is 32.2. The van der Waals surface area contributed by atoms with Crippen LogP contribution >= 0.6 is 0 Å². The van der Waals surface area contributed by atoms with Gasteiger partial charge in [0, 0.05) is 26.1 Å². The number of piperidine rings is 1. The number of hydrogen-bond donors (Lipinski definition) is 0. The van der Waals surface area contributed by atoms with Crippen LogP contribution in [0.1, 0.15) is 31.7 Å². The lowest BCUT2D eigenvalue weighted by Crippen LogP contribution is -2.40. The molecule has 1 aromatic rings. The maximum absolute atomic E-state index is 12.3. The van der Waals surface area contributed by atoms with E-state index >= 15 is 0 Å². The lowest BCUT2D eigenvalue weighted by Gasteiger charge is -2.31. The van der Waals surface area contributed by atoms with Crippen molar-refractivity contribution in [2.75, 3.05) is 30.2 Å². The molecule has 1 aromatic carbocycles. The highest BCUT2D eigenvalue weighted by Gasteiger charge is 2.23. The second kappa shape index (κ2) is 7.67. The minimum absolute atomic E-state index is 0.0213. The number of rotatable bonds is 5. The first-order chi connectivity index (χ1) is 11.3. The molecule has 130 valence electrons. The smallest absolute Gasteiger partial charge is 0.232 e. The minimum Gasteiger partial charge on any atom is -0.343 e. The number of amides is 1. The molecule has 1 aliphatic rings. The van der Waals surface area contributed by atoms with Gasteiger partial charge in [0.2, 0.25) is 15.9 Å². The molecule has 0 atom stereocenters. The van der Waals surface area contributed by atoms with Crippen molar-refractivity contribution in [1.29, 1.82) is 5.26 Å². The Morgan fingerprint density at radius 2 is 2.04 bits per heavy atom. The maximum Gasteiger partial charge on any atom is 0.232 e. The van der Waals surface area contributed by atoms with Crippen molar-refractivity contribution in [2.45, 2.75) is 26.2 Å². The Balaban J connectivity index is 2.07. The molecule has 0 N–H and O–H groups in total. The second-order valence-corrected chi connectivity index (χ2v) is 8.22. The van der Waals surface area contributed by atoms with Gasteiger partial charge in [-0.25, -0.2) is 8.42 Å². The standard InChI is InChI=1S/C17H23N3O3S/c1-14-6-9-19(10-7-14)17(21)8-11-20(24(2,22)23)16-5-3-4-15(12-16)13-18/h3-5,12,14H,6-11H2,1-2H3. The summed E-state index contributed by atoms with van der Waals surface area (Å²) in [5, 5.41) is 8.98. The van der Waals surface area contributed by atoms with Crippen molar-refractivity contribution in [2.24, 2.45) is 5.92 Å². The first kappa shape index (κ1) is 18.3. The molecule has 0 radical (unpaired) electrons. The fraction of sp³-hybridized carbons (Fsp3) is 0.529. The van der Waals surface area contributed by atoms with Crippen LogP contribution in [0.3, 0.4) is 0 Å². The molecule has 2 rings (SSSR count). The van der Waals surface area contributed by atoms with Gasteiger partial charge in [-0.3, -0.25) is 9.10 Å². The zero-order valence-corrected chi connectivity index (χ0v) is 14.9. The summed E-state index contributed by atoms with van der Waals surface area (Å²) in [6, 6.07) is 8.41. The maximum atomic E-state index is 12.3.